The van der Waals surface area contributed by atoms with Gasteiger partial charge in [0.25, 0.3) is 0 Å². The normalized spacial score (nSPS) is 20.0. The molecule has 1 unspecified atom stereocenters. The van der Waals surface area contributed by atoms with Gasteiger partial charge >= 0.3 is 0 Å². The molecule has 0 heterocycles. The Kier molecular flexibility index (Phi) is 7.76. The average molecular weight is 360 g/mol. The number of allylic oxidation sites excluding steroid dienone is 2. The van der Waals surface area contributed by atoms with E-state index in [0.717, 1.165) is 30.0 Å². The van der Waals surface area contributed by atoms with Crippen LogP contribution in [0.3, 0.4) is 0 Å². The van der Waals surface area contributed by atoms with Crippen molar-refractivity contribution in [3.8, 4) is 0 Å². The maximum absolute atomic E-state index is 12.8. The van der Waals surface area contributed by atoms with E-state index in [4.69, 9.17) is 0 Å². The van der Waals surface area contributed by atoms with Crippen LogP contribution in [-0.2, 0) is 4.79 Å². The fourth-order valence-electron chi connectivity index (χ4n) is 3.42. The van der Waals surface area contributed by atoms with Gasteiger partial charge in [0.2, 0.25) is 0 Å². The van der Waals surface area contributed by atoms with Gasteiger partial charge in [0.15, 0.2) is 5.78 Å². The lowest BCUT2D eigenvalue weighted by molar-refractivity contribution is -0.116. The highest BCUT2D eigenvalue weighted by Crippen LogP contribution is 2.33. The molecule has 3 nitrogen and oxygen atoms in total. The first-order chi connectivity index (χ1) is 12.0. The number of aliphatic imine (C=N–C) groups is 1. The summed E-state index contributed by atoms with van der Waals surface area (Å²) in [5.74, 6) is 1.60. The van der Waals surface area contributed by atoms with Crippen molar-refractivity contribution < 1.29 is 9.90 Å². The number of rotatable bonds is 8. The van der Waals surface area contributed by atoms with Crippen molar-refractivity contribution in [3.63, 3.8) is 0 Å². The second-order valence-electron chi connectivity index (χ2n) is 6.66. The third kappa shape index (κ3) is 5.74. The molecule has 2 rings (SSSR count). The molecule has 0 aliphatic heterocycles. The van der Waals surface area contributed by atoms with Gasteiger partial charge in [0, 0.05) is 18.1 Å². The maximum atomic E-state index is 12.8. The molecule has 0 bridgehead atoms. The lowest BCUT2D eigenvalue weighted by atomic mass is 9.82. The lowest BCUT2D eigenvalue weighted by Crippen LogP contribution is -2.26. The molecule has 1 aromatic carbocycles. The molecular formula is C21H29NO2S. The summed E-state index contributed by atoms with van der Waals surface area (Å²) < 4.78 is 0. The van der Waals surface area contributed by atoms with Crippen LogP contribution in [0.25, 0.3) is 0 Å². The molecule has 1 aromatic rings. The number of nitrogens with zero attached hydrogens (tertiary/aromatic N) is 1. The van der Waals surface area contributed by atoms with Crippen LogP contribution in [0.1, 0.15) is 52.9 Å². The van der Waals surface area contributed by atoms with Gasteiger partial charge in [0.1, 0.15) is 5.76 Å². The van der Waals surface area contributed by atoms with Crippen LogP contribution in [0.4, 0.5) is 5.69 Å². The Morgan fingerprint density at radius 2 is 2.00 bits per heavy atom. The molecule has 25 heavy (non-hydrogen) atoms. The summed E-state index contributed by atoms with van der Waals surface area (Å²) in [6.07, 6.45) is 3.68. The minimum absolute atomic E-state index is 0.0468. The lowest BCUT2D eigenvalue weighted by Gasteiger charge is -2.26. The molecule has 1 N–H and O–H groups in total. The molecule has 0 radical (unpaired) electrons. The first-order valence-corrected chi connectivity index (χ1v) is 10.3. The number of ketones is 1. The Bertz CT molecular complexity index is 637. The number of Topliss-reactive ketones (excluding diaryl/α,β-unsaturated/α-hetero) is 1. The molecule has 0 amide bonds. The van der Waals surface area contributed by atoms with E-state index in [2.05, 4.69) is 25.8 Å². The molecule has 0 aromatic heterocycles. The summed E-state index contributed by atoms with van der Waals surface area (Å²) in [6.45, 7) is 6.42. The molecular weight excluding hydrogens is 330 g/mol. The maximum Gasteiger partial charge on any atom is 0.168 e. The molecule has 2 atom stereocenters. The second-order valence-corrected chi connectivity index (χ2v) is 8.38. The Hall–Kier alpha value is -1.55. The Morgan fingerprint density at radius 1 is 1.28 bits per heavy atom. The highest BCUT2D eigenvalue weighted by molar-refractivity contribution is 7.99. The largest absolute Gasteiger partial charge is 0.511 e. The summed E-state index contributed by atoms with van der Waals surface area (Å²) in [4.78, 5) is 17.4. The predicted molar refractivity (Wildman–Crippen MR) is 108 cm³/mol. The monoisotopic (exact) mass is 359 g/mol. The number of benzene rings is 1. The average Bonchev–Trinajstić information content (AvgIpc) is 2.55. The number of aliphatic hydroxyl groups excluding tert-OH is 1. The first kappa shape index (κ1) is 19.8. The zero-order chi connectivity index (χ0) is 18.2. The van der Waals surface area contributed by atoms with Crippen molar-refractivity contribution in [2.24, 2.45) is 10.9 Å². The molecule has 0 saturated heterocycles. The topological polar surface area (TPSA) is 49.7 Å². The number of aliphatic hydroxyl groups is 1. The van der Waals surface area contributed by atoms with E-state index in [-0.39, 0.29) is 17.5 Å². The summed E-state index contributed by atoms with van der Waals surface area (Å²) in [7, 11) is 0. The minimum Gasteiger partial charge on any atom is -0.511 e. The van der Waals surface area contributed by atoms with Crippen LogP contribution in [-0.4, -0.2) is 27.6 Å². The zero-order valence-corrected chi connectivity index (χ0v) is 16.3. The Labute approximate surface area is 155 Å². The number of hydrogen-bond donors (Lipinski definition) is 1. The molecule has 1 aliphatic rings. The van der Waals surface area contributed by atoms with Crippen LogP contribution in [0.2, 0.25) is 0 Å². The molecule has 0 saturated carbocycles. The van der Waals surface area contributed by atoms with Crippen LogP contribution in [0.15, 0.2) is 46.7 Å². The highest BCUT2D eigenvalue weighted by Gasteiger charge is 2.31. The van der Waals surface area contributed by atoms with Gasteiger partial charge in [-0.15, -0.1) is 0 Å². The van der Waals surface area contributed by atoms with Gasteiger partial charge in [-0.05, 0) is 36.6 Å². The number of hydrogen-bond acceptors (Lipinski definition) is 4. The smallest absolute Gasteiger partial charge is 0.168 e. The quantitative estimate of drug-likeness (QED) is 0.589. The summed E-state index contributed by atoms with van der Waals surface area (Å²) in [5, 5.41) is 11.1. The van der Waals surface area contributed by atoms with Crippen LogP contribution < -0.4 is 0 Å². The number of carbonyl (C=O) groups excluding carboxylic acids is 1. The van der Waals surface area contributed by atoms with Crippen molar-refractivity contribution in [2.45, 2.75) is 58.1 Å². The van der Waals surface area contributed by atoms with E-state index >= 15 is 0 Å². The first-order valence-electron chi connectivity index (χ1n) is 9.25. The fraction of sp³-hybridized carbons (Fsp3) is 0.524. The van der Waals surface area contributed by atoms with E-state index in [1.807, 2.05) is 42.1 Å². The summed E-state index contributed by atoms with van der Waals surface area (Å²) >= 11 is 1.91. The number of carbonyl (C=O) groups is 1. The van der Waals surface area contributed by atoms with Crippen molar-refractivity contribution >= 4 is 28.9 Å². The Balaban J connectivity index is 2.23. The van der Waals surface area contributed by atoms with Crippen molar-refractivity contribution in [1.82, 2.24) is 0 Å². The van der Waals surface area contributed by atoms with Crippen LogP contribution in [0, 0.1) is 5.92 Å². The third-order valence-corrected chi connectivity index (χ3v) is 5.53. The summed E-state index contributed by atoms with van der Waals surface area (Å²) in [6, 6.07) is 9.66. The fourth-order valence-corrected chi connectivity index (χ4v) is 4.40. The highest BCUT2D eigenvalue weighted by atomic mass is 32.2. The molecule has 136 valence electrons. The standard InChI is InChI=1S/C21H29NO2S/c1-4-9-18(22-17-10-7-6-8-11-17)21-19(23)13-16(14-20(21)24)12-15(3)25-5-2/h6-8,10-11,15-16,23H,4-5,9,12-14H2,1-3H3/t15-,16?/m1/s1. The van der Waals surface area contributed by atoms with E-state index in [1.165, 1.54) is 0 Å². The van der Waals surface area contributed by atoms with Crippen molar-refractivity contribution in [3.05, 3.63) is 41.7 Å². The molecule has 1 aliphatic carbocycles. The van der Waals surface area contributed by atoms with E-state index in [9.17, 15) is 9.90 Å². The van der Waals surface area contributed by atoms with E-state index in [1.54, 1.807) is 0 Å². The number of para-hydroxylation sites is 1. The second kappa shape index (κ2) is 9.81. The molecule has 0 fully saturated rings. The van der Waals surface area contributed by atoms with Crippen molar-refractivity contribution in [2.75, 3.05) is 5.75 Å². The van der Waals surface area contributed by atoms with E-state index in [0.29, 0.717) is 30.1 Å². The van der Waals surface area contributed by atoms with Gasteiger partial charge in [-0.25, -0.2) is 0 Å². The Morgan fingerprint density at radius 3 is 2.60 bits per heavy atom. The van der Waals surface area contributed by atoms with Gasteiger partial charge in [0.05, 0.1) is 17.0 Å². The van der Waals surface area contributed by atoms with Gasteiger partial charge in [-0.2, -0.15) is 11.8 Å². The van der Waals surface area contributed by atoms with Crippen LogP contribution in [0.5, 0.6) is 0 Å². The van der Waals surface area contributed by atoms with E-state index < -0.39 is 0 Å². The third-order valence-electron chi connectivity index (χ3n) is 4.44. The SMILES string of the molecule is CCCC(=Nc1ccccc1)C1=C(O)CC(C[C@@H](C)SCC)CC1=O. The zero-order valence-electron chi connectivity index (χ0n) is 15.5. The minimum atomic E-state index is 0.0468. The van der Waals surface area contributed by atoms with Crippen molar-refractivity contribution in [1.29, 1.82) is 0 Å². The molecule has 4 heteroatoms. The summed E-state index contributed by atoms with van der Waals surface area (Å²) in [5.41, 5.74) is 2.03. The van der Waals surface area contributed by atoms with Crippen LogP contribution >= 0.6 is 11.8 Å². The van der Waals surface area contributed by atoms with Gasteiger partial charge in [-0.1, -0.05) is 45.4 Å². The van der Waals surface area contributed by atoms with Gasteiger partial charge < -0.3 is 5.11 Å². The van der Waals surface area contributed by atoms with Gasteiger partial charge in [-0.3, -0.25) is 9.79 Å². The molecule has 0 spiro atoms. The predicted octanol–water partition coefficient (Wildman–Crippen LogP) is 5.88. The number of thioether (sulfide) groups is 1.